The number of nitrogens with zero attached hydrogens (tertiary/aromatic N) is 1. The number of hydrogen-bond acceptors (Lipinski definition) is 2. The molecule has 7 heavy (non-hydrogen) atoms. The van der Waals surface area contributed by atoms with Gasteiger partial charge in [-0.25, -0.2) is 4.79 Å². The standard InChI is InChI=1S/C4H7NOSi/c1-2-3-7-5-4-6/h2H,1,3,7H2. The van der Waals surface area contributed by atoms with E-state index in [1.54, 1.807) is 6.08 Å². The Hall–Kier alpha value is -0.663. The summed E-state index contributed by atoms with van der Waals surface area (Å²) in [5, 5.41) is 0. The minimum atomic E-state index is -0.505. The fraction of sp³-hybridized carbons (Fsp3) is 0.250. The Balaban J connectivity index is 2.97. The molecular formula is C4H7NOSi. The van der Waals surface area contributed by atoms with E-state index in [1.165, 1.54) is 6.08 Å². The summed E-state index contributed by atoms with van der Waals surface area (Å²) >= 11 is 0. The molecule has 2 nitrogen and oxygen atoms in total. The van der Waals surface area contributed by atoms with Gasteiger partial charge in [0.25, 0.3) is 0 Å². The highest BCUT2D eigenvalue weighted by Gasteiger charge is 1.72. The second kappa shape index (κ2) is 5.34. The van der Waals surface area contributed by atoms with E-state index in [9.17, 15) is 4.79 Å². The van der Waals surface area contributed by atoms with E-state index in [-0.39, 0.29) is 0 Å². The van der Waals surface area contributed by atoms with Gasteiger partial charge >= 0.3 is 0 Å². The average molecular weight is 113 g/mol. The molecule has 0 aromatic rings. The molecule has 0 aliphatic carbocycles. The summed E-state index contributed by atoms with van der Waals surface area (Å²) in [7, 11) is -0.505. The fourth-order valence-electron chi connectivity index (χ4n) is 0.201. The minimum Gasteiger partial charge on any atom is -0.255 e. The maximum atomic E-state index is 9.39. The van der Waals surface area contributed by atoms with Gasteiger partial charge in [-0.05, 0) is 6.04 Å². The van der Waals surface area contributed by atoms with Crippen molar-refractivity contribution in [3.8, 4) is 0 Å². The predicted molar refractivity (Wildman–Crippen MR) is 31.7 cm³/mol. The van der Waals surface area contributed by atoms with Gasteiger partial charge in [0.1, 0.15) is 0 Å². The summed E-state index contributed by atoms with van der Waals surface area (Å²) < 4.78 is 3.42. The van der Waals surface area contributed by atoms with E-state index < -0.39 is 9.68 Å². The number of hydrogen-bond donors (Lipinski definition) is 0. The summed E-state index contributed by atoms with van der Waals surface area (Å²) in [6.45, 7) is 3.48. The predicted octanol–water partition coefficient (Wildman–Crippen LogP) is 0.0103. The lowest BCUT2D eigenvalue weighted by Crippen LogP contribution is -1.76. The van der Waals surface area contributed by atoms with E-state index >= 15 is 0 Å². The number of carbonyl (C=O) groups excluding carboxylic acids is 1. The van der Waals surface area contributed by atoms with Crippen LogP contribution in [0.15, 0.2) is 17.3 Å². The third-order valence-electron chi connectivity index (χ3n) is 0.510. The van der Waals surface area contributed by atoms with Gasteiger partial charge in [-0.2, -0.15) is 0 Å². The summed E-state index contributed by atoms with van der Waals surface area (Å²) in [6, 6.07) is 0.898. The van der Waals surface area contributed by atoms with Crippen LogP contribution >= 0.6 is 0 Å². The number of allylic oxidation sites excluding steroid dienone is 1. The molecule has 0 fully saturated rings. The molecule has 0 saturated heterocycles. The SMILES string of the molecule is C=CC[SiH2]N=C=O. The zero-order valence-corrected chi connectivity index (χ0v) is 5.47. The van der Waals surface area contributed by atoms with Crippen LogP contribution in [0.2, 0.25) is 6.04 Å². The smallest absolute Gasteiger partial charge is 0.224 e. The molecule has 0 atom stereocenters. The average Bonchev–Trinajstić information content (AvgIpc) is 1.69. The molecule has 0 amide bonds. The topological polar surface area (TPSA) is 29.4 Å². The monoisotopic (exact) mass is 113 g/mol. The maximum absolute atomic E-state index is 9.39. The molecule has 0 unspecified atom stereocenters. The van der Waals surface area contributed by atoms with Gasteiger partial charge in [0.05, 0.1) is 0 Å². The van der Waals surface area contributed by atoms with Crippen LogP contribution in [-0.4, -0.2) is 15.8 Å². The van der Waals surface area contributed by atoms with Crippen molar-refractivity contribution in [2.75, 3.05) is 0 Å². The van der Waals surface area contributed by atoms with Crippen LogP contribution < -0.4 is 0 Å². The first-order valence-corrected chi connectivity index (χ1v) is 3.69. The van der Waals surface area contributed by atoms with Crippen molar-refractivity contribution in [3.05, 3.63) is 12.7 Å². The third-order valence-corrected chi connectivity index (χ3v) is 1.53. The van der Waals surface area contributed by atoms with Gasteiger partial charge in [0.2, 0.25) is 6.08 Å². The molecular weight excluding hydrogens is 106 g/mol. The van der Waals surface area contributed by atoms with E-state index in [4.69, 9.17) is 0 Å². The lowest BCUT2D eigenvalue weighted by molar-refractivity contribution is 0.566. The van der Waals surface area contributed by atoms with Crippen LogP contribution in [-0.2, 0) is 4.79 Å². The quantitative estimate of drug-likeness (QED) is 0.167. The summed E-state index contributed by atoms with van der Waals surface area (Å²) in [5.74, 6) is 0. The summed E-state index contributed by atoms with van der Waals surface area (Å²) in [5.41, 5.74) is 0. The van der Waals surface area contributed by atoms with Gasteiger partial charge < -0.3 is 0 Å². The van der Waals surface area contributed by atoms with Crippen LogP contribution in [0.5, 0.6) is 0 Å². The molecule has 0 radical (unpaired) electrons. The molecule has 0 spiro atoms. The molecule has 0 saturated carbocycles. The van der Waals surface area contributed by atoms with Gasteiger partial charge in [-0.15, -0.1) is 6.58 Å². The molecule has 0 bridgehead atoms. The van der Waals surface area contributed by atoms with Crippen molar-refractivity contribution in [2.45, 2.75) is 6.04 Å². The van der Waals surface area contributed by atoms with Crippen molar-refractivity contribution in [2.24, 2.45) is 4.66 Å². The Bertz CT molecular complexity index is 95.9. The molecule has 0 aliphatic rings. The second-order valence-corrected chi connectivity index (χ2v) is 2.39. The zero-order chi connectivity index (χ0) is 5.54. The van der Waals surface area contributed by atoms with Crippen molar-refractivity contribution in [3.63, 3.8) is 0 Å². The third kappa shape index (κ3) is 5.34. The summed E-state index contributed by atoms with van der Waals surface area (Å²) in [6.07, 6.45) is 3.26. The van der Waals surface area contributed by atoms with E-state index in [1.807, 2.05) is 0 Å². The molecule has 3 heteroatoms. The van der Waals surface area contributed by atoms with Crippen LogP contribution in [0.25, 0.3) is 0 Å². The summed E-state index contributed by atoms with van der Waals surface area (Å²) in [4.78, 5) is 9.39. The van der Waals surface area contributed by atoms with Crippen molar-refractivity contribution >= 4 is 15.8 Å². The Kier molecular flexibility index (Phi) is 4.83. The molecule has 0 aromatic carbocycles. The molecule has 38 valence electrons. The first-order valence-electron chi connectivity index (χ1n) is 2.06. The molecule has 0 N–H and O–H groups in total. The molecule has 0 aliphatic heterocycles. The van der Waals surface area contributed by atoms with Crippen LogP contribution in [0.3, 0.4) is 0 Å². The fourth-order valence-corrected chi connectivity index (χ4v) is 0.604. The van der Waals surface area contributed by atoms with Crippen LogP contribution in [0.1, 0.15) is 0 Å². The largest absolute Gasteiger partial charge is 0.255 e. The zero-order valence-electron chi connectivity index (χ0n) is 4.05. The van der Waals surface area contributed by atoms with E-state index in [0.717, 1.165) is 6.04 Å². The Morgan fingerprint density at radius 3 is 3.14 bits per heavy atom. The maximum Gasteiger partial charge on any atom is 0.224 e. The lowest BCUT2D eigenvalue weighted by Gasteiger charge is -1.73. The van der Waals surface area contributed by atoms with Gasteiger partial charge in [-0.3, -0.25) is 4.66 Å². The Morgan fingerprint density at radius 2 is 2.71 bits per heavy atom. The normalized spacial score (nSPS) is 8.57. The lowest BCUT2D eigenvalue weighted by atomic mass is 10.8. The first kappa shape index (κ1) is 6.34. The van der Waals surface area contributed by atoms with Crippen LogP contribution in [0.4, 0.5) is 0 Å². The first-order chi connectivity index (χ1) is 3.41. The molecule has 0 rings (SSSR count). The Labute approximate surface area is 44.9 Å². The van der Waals surface area contributed by atoms with Crippen molar-refractivity contribution < 1.29 is 4.79 Å². The Morgan fingerprint density at radius 1 is 2.00 bits per heavy atom. The van der Waals surface area contributed by atoms with E-state index in [2.05, 4.69) is 11.2 Å². The number of rotatable bonds is 3. The van der Waals surface area contributed by atoms with Gasteiger partial charge in [0, 0.05) is 0 Å². The highest BCUT2D eigenvalue weighted by atomic mass is 28.2. The van der Waals surface area contributed by atoms with Crippen LogP contribution in [0, 0.1) is 0 Å². The second-order valence-electron chi connectivity index (χ2n) is 1.05. The van der Waals surface area contributed by atoms with Crippen molar-refractivity contribution in [1.82, 2.24) is 0 Å². The highest BCUT2D eigenvalue weighted by molar-refractivity contribution is 6.34. The highest BCUT2D eigenvalue weighted by Crippen LogP contribution is 1.75. The van der Waals surface area contributed by atoms with Crippen molar-refractivity contribution in [1.29, 1.82) is 0 Å². The van der Waals surface area contributed by atoms with E-state index in [0.29, 0.717) is 0 Å². The number of isocyanates is 1. The van der Waals surface area contributed by atoms with Gasteiger partial charge in [-0.1, -0.05) is 6.08 Å². The molecule has 0 heterocycles. The minimum absolute atomic E-state index is 0.505. The molecule has 0 aromatic heterocycles. The van der Waals surface area contributed by atoms with Gasteiger partial charge in [0.15, 0.2) is 9.68 Å².